The number of morpholine rings is 1. The van der Waals surface area contributed by atoms with Gasteiger partial charge in [-0.2, -0.15) is 0 Å². The van der Waals surface area contributed by atoms with E-state index in [2.05, 4.69) is 41.3 Å². The highest BCUT2D eigenvalue weighted by molar-refractivity contribution is 6.04. The summed E-state index contributed by atoms with van der Waals surface area (Å²) in [7, 11) is 0. The number of rotatable bonds is 6. The molecule has 1 saturated heterocycles. The molecule has 2 aromatic carbocycles. The highest BCUT2D eigenvalue weighted by atomic mass is 16.5. The molecular formula is C28H34N4O3. The average Bonchev–Trinajstić information content (AvgIpc) is 3.62. The second-order valence-electron chi connectivity index (χ2n) is 10.5. The van der Waals surface area contributed by atoms with Crippen molar-refractivity contribution in [2.45, 2.75) is 39.8 Å². The van der Waals surface area contributed by atoms with Crippen LogP contribution in [0.15, 0.2) is 54.7 Å². The Morgan fingerprint density at radius 1 is 1.09 bits per heavy atom. The topological polar surface area (TPSA) is 75.7 Å². The maximum Gasteiger partial charge on any atom is 0.319 e. The lowest BCUT2D eigenvalue weighted by Crippen LogP contribution is -2.35. The molecule has 0 spiro atoms. The molecule has 0 radical (unpaired) electrons. The first-order valence-electron chi connectivity index (χ1n) is 12.4. The summed E-state index contributed by atoms with van der Waals surface area (Å²) in [5.41, 5.74) is 1.98. The lowest BCUT2D eigenvalue weighted by molar-refractivity contribution is 0.0336. The van der Waals surface area contributed by atoms with Crippen LogP contribution in [0.1, 0.15) is 32.9 Å². The summed E-state index contributed by atoms with van der Waals surface area (Å²) in [6.07, 6.45) is 2.80. The van der Waals surface area contributed by atoms with E-state index in [1.165, 1.54) is 0 Å². The maximum atomic E-state index is 12.7. The first kappa shape index (κ1) is 23.6. The van der Waals surface area contributed by atoms with Crippen LogP contribution in [0.2, 0.25) is 0 Å². The number of nitrogens with one attached hydrogen (secondary N) is 2. The molecule has 2 amide bonds. The normalized spacial score (nSPS) is 20.4. The number of amides is 2. The Kier molecular flexibility index (Phi) is 6.62. The molecule has 7 heteroatoms. The van der Waals surface area contributed by atoms with Crippen molar-refractivity contribution in [2.75, 3.05) is 31.6 Å². The van der Waals surface area contributed by atoms with Crippen molar-refractivity contribution in [3.8, 4) is 11.5 Å². The monoisotopic (exact) mass is 474 g/mol. The summed E-state index contributed by atoms with van der Waals surface area (Å²) in [5, 5.41) is 8.01. The zero-order chi connectivity index (χ0) is 24.4. The Labute approximate surface area is 206 Å². The smallest absolute Gasteiger partial charge is 0.319 e. The molecule has 7 nitrogen and oxygen atoms in total. The fraction of sp³-hybridized carbons (Fsp3) is 0.429. The molecule has 2 N–H and O–H groups in total. The zero-order valence-electron chi connectivity index (χ0n) is 20.7. The number of hydrogen-bond donors (Lipinski definition) is 2. The van der Waals surface area contributed by atoms with Crippen molar-refractivity contribution >= 4 is 22.5 Å². The number of aromatic nitrogens is 1. The predicted octanol–water partition coefficient (Wildman–Crippen LogP) is 5.42. The highest BCUT2D eigenvalue weighted by Crippen LogP contribution is 2.45. The summed E-state index contributed by atoms with van der Waals surface area (Å²) in [6, 6.07) is 15.8. The maximum absolute atomic E-state index is 12.7. The van der Waals surface area contributed by atoms with Crippen LogP contribution in [0.3, 0.4) is 0 Å². The number of fused-ring (bicyclic) bond motifs is 1. The van der Waals surface area contributed by atoms with Gasteiger partial charge in [-0.3, -0.25) is 9.88 Å². The molecule has 2 aliphatic rings. The minimum atomic E-state index is -0.166. The first-order chi connectivity index (χ1) is 16.9. The second kappa shape index (κ2) is 9.84. The number of hydrogen-bond acceptors (Lipinski definition) is 5. The van der Waals surface area contributed by atoms with Crippen LogP contribution in [0.5, 0.6) is 11.5 Å². The van der Waals surface area contributed by atoms with Crippen LogP contribution in [0.4, 0.5) is 10.5 Å². The number of nitrogens with zero attached hydrogens (tertiary/aromatic N) is 2. The van der Waals surface area contributed by atoms with E-state index in [1.54, 1.807) is 6.20 Å². The van der Waals surface area contributed by atoms with Crippen LogP contribution < -0.4 is 15.4 Å². The van der Waals surface area contributed by atoms with Crippen molar-refractivity contribution in [1.29, 1.82) is 0 Å². The van der Waals surface area contributed by atoms with E-state index < -0.39 is 0 Å². The second-order valence-corrected chi connectivity index (χ2v) is 10.5. The van der Waals surface area contributed by atoms with Gasteiger partial charge in [-0.25, -0.2) is 4.79 Å². The van der Waals surface area contributed by atoms with Gasteiger partial charge in [0.05, 0.1) is 30.8 Å². The first-order valence-corrected chi connectivity index (χ1v) is 12.4. The summed E-state index contributed by atoms with van der Waals surface area (Å²) in [5.74, 6) is 1.93. The molecule has 2 unspecified atom stereocenters. The molecular weight excluding hydrogens is 440 g/mol. The SMILES string of the molecule is CC(C)(C)C1CC1NC(=O)Nc1ccc(Oc2ccc(CN3CCOCC3)nc2)c2ccccc12. The van der Waals surface area contributed by atoms with Gasteiger partial charge in [0, 0.05) is 36.4 Å². The van der Waals surface area contributed by atoms with E-state index in [4.69, 9.17) is 9.47 Å². The lowest BCUT2D eigenvalue weighted by atomic mass is 9.90. The fourth-order valence-electron chi connectivity index (χ4n) is 4.79. The Morgan fingerprint density at radius 3 is 2.54 bits per heavy atom. The Bertz CT molecular complexity index is 1180. The van der Waals surface area contributed by atoms with Crippen molar-refractivity contribution in [2.24, 2.45) is 11.3 Å². The number of anilines is 1. The molecule has 1 aliphatic heterocycles. The average molecular weight is 475 g/mol. The van der Waals surface area contributed by atoms with Crippen LogP contribution in [-0.2, 0) is 11.3 Å². The standard InChI is InChI=1S/C28H34N4O3/c1-28(2,3)23-16-25(23)31-27(33)30-24-10-11-26(22-7-5-4-6-21(22)24)35-20-9-8-19(29-17-20)18-32-12-14-34-15-13-32/h4-11,17,23,25H,12-16,18H2,1-3H3,(H2,30,31,33). The van der Waals surface area contributed by atoms with E-state index in [-0.39, 0.29) is 17.5 Å². The van der Waals surface area contributed by atoms with Gasteiger partial charge in [-0.15, -0.1) is 0 Å². The van der Waals surface area contributed by atoms with E-state index in [1.807, 2.05) is 48.5 Å². The van der Waals surface area contributed by atoms with Crippen molar-refractivity contribution in [3.63, 3.8) is 0 Å². The molecule has 2 heterocycles. The molecule has 1 aromatic heterocycles. The quantitative estimate of drug-likeness (QED) is 0.499. The molecule has 5 rings (SSSR count). The van der Waals surface area contributed by atoms with Gasteiger partial charge >= 0.3 is 6.03 Å². The fourth-order valence-corrected chi connectivity index (χ4v) is 4.79. The Balaban J connectivity index is 1.26. The third-order valence-corrected chi connectivity index (χ3v) is 6.87. The molecule has 35 heavy (non-hydrogen) atoms. The molecule has 3 aromatic rings. The molecule has 1 saturated carbocycles. The van der Waals surface area contributed by atoms with E-state index >= 15 is 0 Å². The predicted molar refractivity (Wildman–Crippen MR) is 138 cm³/mol. The number of benzene rings is 2. The van der Waals surface area contributed by atoms with E-state index in [9.17, 15) is 4.79 Å². The van der Waals surface area contributed by atoms with E-state index in [0.717, 1.165) is 67.2 Å². The van der Waals surface area contributed by atoms with Gasteiger partial charge in [0.25, 0.3) is 0 Å². The van der Waals surface area contributed by atoms with Crippen molar-refractivity contribution < 1.29 is 14.3 Å². The minimum Gasteiger partial charge on any atom is -0.455 e. The number of ether oxygens (including phenoxy) is 2. The third kappa shape index (κ3) is 5.74. The van der Waals surface area contributed by atoms with Crippen molar-refractivity contribution in [3.05, 3.63) is 60.4 Å². The number of carbonyl (C=O) groups excluding carboxylic acids is 1. The Morgan fingerprint density at radius 2 is 1.86 bits per heavy atom. The summed E-state index contributed by atoms with van der Waals surface area (Å²) in [4.78, 5) is 19.6. The highest BCUT2D eigenvalue weighted by Gasteiger charge is 2.45. The Hall–Kier alpha value is -3.16. The van der Waals surface area contributed by atoms with Crippen LogP contribution >= 0.6 is 0 Å². The van der Waals surface area contributed by atoms with Gasteiger partial charge in [-0.1, -0.05) is 45.0 Å². The van der Waals surface area contributed by atoms with Gasteiger partial charge < -0.3 is 20.1 Å². The van der Waals surface area contributed by atoms with Crippen molar-refractivity contribution in [1.82, 2.24) is 15.2 Å². The van der Waals surface area contributed by atoms with Crippen LogP contribution in [0, 0.1) is 11.3 Å². The largest absolute Gasteiger partial charge is 0.455 e. The lowest BCUT2D eigenvalue weighted by Gasteiger charge is -2.26. The summed E-state index contributed by atoms with van der Waals surface area (Å²) < 4.78 is 11.6. The molecule has 1 aliphatic carbocycles. The summed E-state index contributed by atoms with van der Waals surface area (Å²) in [6.45, 7) is 10.9. The summed E-state index contributed by atoms with van der Waals surface area (Å²) >= 11 is 0. The van der Waals surface area contributed by atoms with E-state index in [0.29, 0.717) is 11.7 Å². The number of pyridine rings is 1. The molecule has 2 fully saturated rings. The zero-order valence-corrected chi connectivity index (χ0v) is 20.7. The minimum absolute atomic E-state index is 0.166. The number of urea groups is 1. The van der Waals surface area contributed by atoms with Gasteiger partial charge in [0.2, 0.25) is 0 Å². The molecule has 0 bridgehead atoms. The van der Waals surface area contributed by atoms with Gasteiger partial charge in [0.1, 0.15) is 11.5 Å². The molecule has 184 valence electrons. The number of carbonyl (C=O) groups is 1. The van der Waals surface area contributed by atoms with Gasteiger partial charge in [0.15, 0.2) is 0 Å². The van der Waals surface area contributed by atoms with Crippen LogP contribution in [-0.4, -0.2) is 48.3 Å². The van der Waals surface area contributed by atoms with Crippen LogP contribution in [0.25, 0.3) is 10.8 Å². The van der Waals surface area contributed by atoms with Gasteiger partial charge in [-0.05, 0) is 42.0 Å². The molecule has 2 atom stereocenters. The third-order valence-electron chi connectivity index (χ3n) is 6.87.